The van der Waals surface area contributed by atoms with Gasteiger partial charge in [-0.1, -0.05) is 21.1 Å². The summed E-state index contributed by atoms with van der Waals surface area (Å²) in [5.41, 5.74) is 0.580. The summed E-state index contributed by atoms with van der Waals surface area (Å²) >= 11 is 3.14. The van der Waals surface area contributed by atoms with Crippen LogP contribution in [0.5, 0.6) is 0 Å². The number of aromatic carboxylic acids is 1. The second kappa shape index (κ2) is 3.04. The Hall–Kier alpha value is -0.840. The topological polar surface area (TPSA) is 63.3 Å². The van der Waals surface area contributed by atoms with Crippen molar-refractivity contribution in [1.82, 2.24) is 5.16 Å². The molecule has 11 heavy (non-hydrogen) atoms. The van der Waals surface area contributed by atoms with Gasteiger partial charge in [0.2, 0.25) is 0 Å². The molecule has 0 saturated heterocycles. The van der Waals surface area contributed by atoms with E-state index in [1.807, 2.05) is 0 Å². The number of nitrogens with zero attached hydrogens (tertiary/aromatic N) is 1. The van der Waals surface area contributed by atoms with E-state index in [2.05, 4.69) is 25.6 Å². The fourth-order valence-electron chi connectivity index (χ4n) is 0.717. The standard InChI is InChI=1S/C6H6BrNO3/c1-3-4(2-7)5(6(9)10)8-11-3/h2H2,1H3,(H,9,10). The molecule has 60 valence electrons. The van der Waals surface area contributed by atoms with E-state index >= 15 is 0 Å². The van der Waals surface area contributed by atoms with E-state index in [0.29, 0.717) is 16.7 Å². The first kappa shape index (κ1) is 8.26. The first-order valence-corrected chi connectivity index (χ1v) is 4.03. The van der Waals surface area contributed by atoms with E-state index < -0.39 is 5.97 Å². The van der Waals surface area contributed by atoms with Crippen LogP contribution in [0.25, 0.3) is 0 Å². The first-order valence-electron chi connectivity index (χ1n) is 2.91. The van der Waals surface area contributed by atoms with E-state index in [9.17, 15) is 4.79 Å². The number of hydrogen-bond acceptors (Lipinski definition) is 3. The lowest BCUT2D eigenvalue weighted by Gasteiger charge is -1.89. The molecule has 1 aromatic rings. The van der Waals surface area contributed by atoms with Gasteiger partial charge in [0.05, 0.1) is 0 Å². The Labute approximate surface area is 71.3 Å². The Morgan fingerprint density at radius 2 is 2.45 bits per heavy atom. The number of carbonyl (C=O) groups is 1. The Kier molecular flexibility index (Phi) is 2.28. The molecule has 5 heteroatoms. The van der Waals surface area contributed by atoms with E-state index in [0.717, 1.165) is 0 Å². The number of aromatic nitrogens is 1. The van der Waals surface area contributed by atoms with Gasteiger partial charge in [-0.2, -0.15) is 0 Å². The highest BCUT2D eigenvalue weighted by atomic mass is 79.9. The SMILES string of the molecule is Cc1onc(C(=O)O)c1CBr. The zero-order valence-electron chi connectivity index (χ0n) is 5.80. The molecular weight excluding hydrogens is 214 g/mol. The van der Waals surface area contributed by atoms with Crippen molar-refractivity contribution in [1.29, 1.82) is 0 Å². The van der Waals surface area contributed by atoms with E-state index in [4.69, 9.17) is 5.11 Å². The van der Waals surface area contributed by atoms with Gasteiger partial charge >= 0.3 is 5.97 Å². The molecule has 0 saturated carbocycles. The van der Waals surface area contributed by atoms with Gasteiger partial charge in [-0.15, -0.1) is 0 Å². The van der Waals surface area contributed by atoms with Gasteiger partial charge in [0, 0.05) is 10.9 Å². The third-order valence-corrected chi connectivity index (χ3v) is 1.88. The molecule has 1 N–H and O–H groups in total. The Morgan fingerprint density at radius 1 is 1.82 bits per heavy atom. The monoisotopic (exact) mass is 219 g/mol. The summed E-state index contributed by atoms with van der Waals surface area (Å²) < 4.78 is 4.69. The van der Waals surface area contributed by atoms with Crippen LogP contribution in [0, 0.1) is 6.92 Å². The fourth-order valence-corrected chi connectivity index (χ4v) is 1.38. The highest BCUT2D eigenvalue weighted by Gasteiger charge is 2.17. The van der Waals surface area contributed by atoms with E-state index in [-0.39, 0.29) is 5.69 Å². The van der Waals surface area contributed by atoms with Crippen molar-refractivity contribution in [2.24, 2.45) is 0 Å². The van der Waals surface area contributed by atoms with Crippen LogP contribution in [0.4, 0.5) is 0 Å². The van der Waals surface area contributed by atoms with Crippen molar-refractivity contribution in [3.8, 4) is 0 Å². The number of carboxylic acid groups (broad SMARTS) is 1. The van der Waals surface area contributed by atoms with E-state index in [1.165, 1.54) is 0 Å². The van der Waals surface area contributed by atoms with Crippen LogP contribution in [-0.2, 0) is 5.33 Å². The average Bonchev–Trinajstić information content (AvgIpc) is 2.30. The number of halogens is 1. The molecule has 0 bridgehead atoms. The fraction of sp³-hybridized carbons (Fsp3) is 0.333. The second-order valence-corrected chi connectivity index (χ2v) is 2.57. The van der Waals surface area contributed by atoms with Gasteiger partial charge in [0.15, 0.2) is 5.69 Å². The minimum Gasteiger partial charge on any atom is -0.476 e. The van der Waals surface area contributed by atoms with Crippen molar-refractivity contribution in [2.45, 2.75) is 12.3 Å². The number of hydrogen-bond donors (Lipinski definition) is 1. The molecule has 0 aromatic carbocycles. The normalized spacial score (nSPS) is 10.0. The Bertz CT molecular complexity index is 281. The van der Waals surface area contributed by atoms with Crippen molar-refractivity contribution < 1.29 is 14.4 Å². The third kappa shape index (κ3) is 1.42. The molecule has 4 nitrogen and oxygen atoms in total. The average molecular weight is 220 g/mol. The van der Waals surface area contributed by atoms with Gasteiger partial charge in [-0.3, -0.25) is 0 Å². The lowest BCUT2D eigenvalue weighted by atomic mass is 10.2. The van der Waals surface area contributed by atoms with Crippen LogP contribution in [-0.4, -0.2) is 16.2 Å². The molecule has 0 radical (unpaired) electrons. The zero-order chi connectivity index (χ0) is 8.43. The highest BCUT2D eigenvalue weighted by molar-refractivity contribution is 9.08. The molecule has 0 aliphatic carbocycles. The summed E-state index contributed by atoms with van der Waals surface area (Å²) in [5, 5.41) is 12.4. The van der Waals surface area contributed by atoms with Gasteiger partial charge in [0.25, 0.3) is 0 Å². The van der Waals surface area contributed by atoms with Gasteiger partial charge in [-0.25, -0.2) is 4.79 Å². The summed E-state index contributed by atoms with van der Waals surface area (Å²) in [6, 6.07) is 0. The van der Waals surface area contributed by atoms with Gasteiger partial charge < -0.3 is 9.63 Å². The molecule has 1 rings (SSSR count). The first-order chi connectivity index (χ1) is 5.16. The lowest BCUT2D eigenvalue weighted by molar-refractivity contribution is 0.0685. The number of rotatable bonds is 2. The van der Waals surface area contributed by atoms with Crippen LogP contribution in [0.15, 0.2) is 4.52 Å². The Morgan fingerprint density at radius 3 is 2.82 bits per heavy atom. The molecule has 1 aromatic heterocycles. The smallest absolute Gasteiger partial charge is 0.358 e. The summed E-state index contributed by atoms with van der Waals surface area (Å²) in [7, 11) is 0. The molecule has 0 spiro atoms. The quantitative estimate of drug-likeness (QED) is 0.768. The number of alkyl halides is 1. The third-order valence-electron chi connectivity index (χ3n) is 1.32. The predicted molar refractivity (Wildman–Crippen MR) is 40.8 cm³/mol. The number of carboxylic acids is 1. The van der Waals surface area contributed by atoms with Crippen molar-refractivity contribution >= 4 is 21.9 Å². The maximum atomic E-state index is 10.5. The minimum atomic E-state index is -1.06. The molecule has 0 fully saturated rings. The maximum absolute atomic E-state index is 10.5. The maximum Gasteiger partial charge on any atom is 0.358 e. The Balaban J connectivity index is 3.15. The van der Waals surface area contributed by atoms with E-state index in [1.54, 1.807) is 6.92 Å². The lowest BCUT2D eigenvalue weighted by Crippen LogP contribution is -1.99. The molecule has 0 atom stereocenters. The van der Waals surface area contributed by atoms with Crippen LogP contribution in [0.1, 0.15) is 21.8 Å². The molecule has 0 unspecified atom stereocenters. The summed E-state index contributed by atoms with van der Waals surface area (Å²) in [6.07, 6.45) is 0. The highest BCUT2D eigenvalue weighted by Crippen LogP contribution is 2.16. The van der Waals surface area contributed by atoms with Crippen LogP contribution in [0.3, 0.4) is 0 Å². The summed E-state index contributed by atoms with van der Waals surface area (Å²) in [6.45, 7) is 1.68. The molecule has 0 aliphatic heterocycles. The van der Waals surface area contributed by atoms with Crippen LogP contribution >= 0.6 is 15.9 Å². The van der Waals surface area contributed by atoms with Crippen molar-refractivity contribution in [2.75, 3.05) is 0 Å². The van der Waals surface area contributed by atoms with Crippen LogP contribution in [0.2, 0.25) is 0 Å². The second-order valence-electron chi connectivity index (χ2n) is 2.00. The van der Waals surface area contributed by atoms with Crippen molar-refractivity contribution in [3.63, 3.8) is 0 Å². The van der Waals surface area contributed by atoms with Crippen LogP contribution < -0.4 is 0 Å². The molecular formula is C6H6BrNO3. The minimum absolute atomic E-state index is 0.0145. The van der Waals surface area contributed by atoms with Crippen molar-refractivity contribution in [3.05, 3.63) is 17.0 Å². The van der Waals surface area contributed by atoms with Gasteiger partial charge in [-0.05, 0) is 6.92 Å². The van der Waals surface area contributed by atoms with Gasteiger partial charge in [0.1, 0.15) is 5.76 Å². The summed E-state index contributed by atoms with van der Waals surface area (Å²) in [5.74, 6) is -0.518. The zero-order valence-corrected chi connectivity index (χ0v) is 7.38. The number of aryl methyl sites for hydroxylation is 1. The molecule has 1 heterocycles. The molecule has 0 amide bonds. The predicted octanol–water partition coefficient (Wildman–Crippen LogP) is 1.58. The summed E-state index contributed by atoms with van der Waals surface area (Å²) in [4.78, 5) is 10.5. The largest absolute Gasteiger partial charge is 0.476 e. The molecule has 0 aliphatic rings.